The van der Waals surface area contributed by atoms with Gasteiger partial charge < -0.3 is 20.3 Å². The molecule has 10 heteroatoms. The van der Waals surface area contributed by atoms with Gasteiger partial charge in [0.25, 0.3) is 17.7 Å². The summed E-state index contributed by atoms with van der Waals surface area (Å²) < 4.78 is 4.89. The number of rotatable bonds is 7. The number of ether oxygens (including phenoxy) is 1. The highest BCUT2D eigenvalue weighted by Gasteiger charge is 2.56. The van der Waals surface area contributed by atoms with Crippen LogP contribution in [-0.2, 0) is 19.1 Å². The number of carbonyl (C=O) groups excluding carboxylic acids is 5. The lowest BCUT2D eigenvalue weighted by Crippen LogP contribution is -2.46. The van der Waals surface area contributed by atoms with Crippen molar-refractivity contribution in [3.8, 4) is 0 Å². The highest BCUT2D eigenvalue weighted by molar-refractivity contribution is 6.09. The molecule has 2 aliphatic rings. The van der Waals surface area contributed by atoms with Crippen molar-refractivity contribution in [2.24, 2.45) is 5.92 Å². The third-order valence-electron chi connectivity index (χ3n) is 5.17. The first-order chi connectivity index (χ1) is 14.1. The maximum atomic E-state index is 12.5. The van der Waals surface area contributed by atoms with E-state index in [0.29, 0.717) is 11.3 Å². The summed E-state index contributed by atoms with van der Waals surface area (Å²) in [6, 6.07) is 5.62. The van der Waals surface area contributed by atoms with E-state index >= 15 is 0 Å². The zero-order valence-electron chi connectivity index (χ0n) is 17.1. The van der Waals surface area contributed by atoms with Gasteiger partial charge in [0.05, 0.1) is 0 Å². The number of hydrogen-bond donors (Lipinski definition) is 2. The molecular weight excluding hydrogens is 392 g/mol. The van der Waals surface area contributed by atoms with Crippen molar-refractivity contribution < 1.29 is 28.7 Å². The van der Waals surface area contributed by atoms with E-state index in [1.165, 1.54) is 4.90 Å². The van der Waals surface area contributed by atoms with Gasteiger partial charge in [-0.15, -0.1) is 0 Å². The fourth-order valence-electron chi connectivity index (χ4n) is 3.27. The molecule has 1 aromatic carbocycles. The van der Waals surface area contributed by atoms with Crippen LogP contribution in [0.25, 0.3) is 0 Å². The van der Waals surface area contributed by atoms with Gasteiger partial charge in [0.2, 0.25) is 0 Å². The van der Waals surface area contributed by atoms with Crippen molar-refractivity contribution in [2.75, 3.05) is 32.6 Å². The van der Waals surface area contributed by atoms with Crippen LogP contribution < -0.4 is 10.6 Å². The van der Waals surface area contributed by atoms with Crippen LogP contribution in [-0.4, -0.2) is 72.3 Å². The van der Waals surface area contributed by atoms with Crippen LogP contribution in [0.1, 0.15) is 30.1 Å². The van der Waals surface area contributed by atoms with Crippen molar-refractivity contribution in [1.82, 2.24) is 15.1 Å². The van der Waals surface area contributed by atoms with E-state index in [1.54, 1.807) is 45.3 Å². The lowest BCUT2D eigenvalue weighted by molar-refractivity contribution is -0.150. The maximum Gasteiger partial charge on any atom is 0.326 e. The number of imide groups is 1. The molecule has 1 saturated carbocycles. The molecule has 10 nitrogen and oxygen atoms in total. The van der Waals surface area contributed by atoms with E-state index < -0.39 is 42.5 Å². The summed E-state index contributed by atoms with van der Waals surface area (Å²) in [5.74, 6) is -1.99. The topological polar surface area (TPSA) is 125 Å². The molecule has 1 atom stereocenters. The van der Waals surface area contributed by atoms with Gasteiger partial charge in [-0.25, -0.2) is 4.79 Å². The van der Waals surface area contributed by atoms with Crippen LogP contribution >= 0.6 is 0 Å². The average Bonchev–Trinajstić information content (AvgIpc) is 3.52. The van der Waals surface area contributed by atoms with E-state index in [1.807, 2.05) is 0 Å². The molecule has 0 unspecified atom stereocenters. The molecule has 1 aliphatic heterocycles. The Labute approximate surface area is 173 Å². The number of esters is 1. The predicted molar refractivity (Wildman–Crippen MR) is 105 cm³/mol. The van der Waals surface area contributed by atoms with E-state index in [0.717, 1.165) is 17.7 Å². The van der Waals surface area contributed by atoms with Crippen molar-refractivity contribution in [2.45, 2.75) is 25.3 Å². The van der Waals surface area contributed by atoms with Gasteiger partial charge in [0.15, 0.2) is 6.61 Å². The predicted octanol–water partition coefficient (Wildman–Crippen LogP) is 0.591. The SMILES string of the molecule is CN(C)C(=O)c1ccc(NC(=O)COC(=O)CN2C(=O)N[C@](C)(C3CC3)C2=O)cc1. The molecule has 0 spiro atoms. The summed E-state index contributed by atoms with van der Waals surface area (Å²) in [6.07, 6.45) is 1.70. The molecule has 1 aromatic rings. The Morgan fingerprint density at radius 3 is 2.40 bits per heavy atom. The quantitative estimate of drug-likeness (QED) is 0.495. The number of anilines is 1. The molecule has 5 amide bonds. The zero-order valence-corrected chi connectivity index (χ0v) is 17.1. The van der Waals surface area contributed by atoms with Gasteiger partial charge in [-0.05, 0) is 49.9 Å². The van der Waals surface area contributed by atoms with Gasteiger partial charge in [0.1, 0.15) is 12.1 Å². The summed E-state index contributed by atoms with van der Waals surface area (Å²) >= 11 is 0. The van der Waals surface area contributed by atoms with Gasteiger partial charge in [-0.1, -0.05) is 0 Å². The molecule has 1 heterocycles. The molecule has 0 aromatic heterocycles. The molecular formula is C20H24N4O6. The van der Waals surface area contributed by atoms with Crippen LogP contribution in [0, 0.1) is 5.92 Å². The summed E-state index contributed by atoms with van der Waals surface area (Å²) in [5, 5.41) is 5.18. The fourth-order valence-corrected chi connectivity index (χ4v) is 3.27. The number of nitrogens with one attached hydrogen (secondary N) is 2. The second-order valence-electron chi connectivity index (χ2n) is 7.78. The van der Waals surface area contributed by atoms with Crippen LogP contribution in [0.4, 0.5) is 10.5 Å². The van der Waals surface area contributed by atoms with E-state index in [-0.39, 0.29) is 11.8 Å². The maximum absolute atomic E-state index is 12.5. The first-order valence-corrected chi connectivity index (χ1v) is 9.53. The standard InChI is InChI=1S/C20H24N4O6/c1-20(13-6-7-13)18(28)24(19(29)22-20)10-16(26)30-11-15(25)21-14-8-4-12(5-9-14)17(27)23(2)3/h4-5,8-9,13H,6-7,10-11H2,1-3H3,(H,21,25)(H,22,29)/t20-/m1/s1. The molecule has 1 saturated heterocycles. The van der Waals surface area contributed by atoms with Crippen molar-refractivity contribution >= 4 is 35.4 Å². The van der Waals surface area contributed by atoms with E-state index in [4.69, 9.17) is 4.74 Å². The van der Waals surface area contributed by atoms with Crippen molar-refractivity contribution in [3.63, 3.8) is 0 Å². The largest absolute Gasteiger partial charge is 0.454 e. The first kappa shape index (κ1) is 21.3. The van der Waals surface area contributed by atoms with Crippen molar-refractivity contribution in [3.05, 3.63) is 29.8 Å². The summed E-state index contributed by atoms with van der Waals surface area (Å²) in [6.45, 7) is 0.531. The van der Waals surface area contributed by atoms with Crippen LogP contribution in [0.2, 0.25) is 0 Å². The Bertz CT molecular complexity index is 893. The third-order valence-corrected chi connectivity index (χ3v) is 5.17. The number of amides is 5. The number of nitrogens with zero attached hydrogens (tertiary/aromatic N) is 2. The monoisotopic (exact) mass is 416 g/mol. The molecule has 3 rings (SSSR count). The Morgan fingerprint density at radius 1 is 1.20 bits per heavy atom. The second kappa shape index (κ2) is 8.13. The van der Waals surface area contributed by atoms with Crippen LogP contribution in [0.5, 0.6) is 0 Å². The Balaban J connectivity index is 1.47. The van der Waals surface area contributed by atoms with Gasteiger partial charge in [-0.2, -0.15) is 0 Å². The highest BCUT2D eigenvalue weighted by Crippen LogP contribution is 2.42. The van der Waals surface area contributed by atoms with E-state index in [2.05, 4.69) is 10.6 Å². The van der Waals surface area contributed by atoms with Gasteiger partial charge in [0, 0.05) is 25.3 Å². The van der Waals surface area contributed by atoms with E-state index in [9.17, 15) is 24.0 Å². The summed E-state index contributed by atoms with van der Waals surface area (Å²) in [7, 11) is 3.27. The molecule has 30 heavy (non-hydrogen) atoms. The molecule has 0 radical (unpaired) electrons. The van der Waals surface area contributed by atoms with Crippen LogP contribution in [0.3, 0.4) is 0 Å². The van der Waals surface area contributed by atoms with Gasteiger partial charge in [-0.3, -0.25) is 24.1 Å². The Morgan fingerprint density at radius 2 is 1.83 bits per heavy atom. The minimum atomic E-state index is -0.977. The zero-order chi connectivity index (χ0) is 22.1. The Hall–Kier alpha value is -3.43. The number of urea groups is 1. The lowest BCUT2D eigenvalue weighted by Gasteiger charge is -2.20. The second-order valence-corrected chi connectivity index (χ2v) is 7.78. The third kappa shape index (κ3) is 4.42. The lowest BCUT2D eigenvalue weighted by atomic mass is 9.96. The first-order valence-electron chi connectivity index (χ1n) is 9.53. The number of hydrogen-bond acceptors (Lipinski definition) is 6. The van der Waals surface area contributed by atoms with Crippen LogP contribution in [0.15, 0.2) is 24.3 Å². The minimum absolute atomic E-state index is 0.0835. The number of benzene rings is 1. The molecule has 2 N–H and O–H groups in total. The molecule has 160 valence electrons. The average molecular weight is 416 g/mol. The minimum Gasteiger partial charge on any atom is -0.454 e. The highest BCUT2D eigenvalue weighted by atomic mass is 16.5. The molecule has 1 aliphatic carbocycles. The Kier molecular flexibility index (Phi) is 5.77. The fraction of sp³-hybridized carbons (Fsp3) is 0.450. The molecule has 2 fully saturated rings. The van der Waals surface area contributed by atoms with Crippen molar-refractivity contribution in [1.29, 1.82) is 0 Å². The number of carbonyl (C=O) groups is 5. The normalized spacial score (nSPS) is 20.6. The molecule has 0 bridgehead atoms. The van der Waals surface area contributed by atoms with Gasteiger partial charge >= 0.3 is 12.0 Å². The smallest absolute Gasteiger partial charge is 0.326 e. The summed E-state index contributed by atoms with van der Waals surface area (Å²) in [5.41, 5.74) is -0.0775. The summed E-state index contributed by atoms with van der Waals surface area (Å²) in [4.78, 5) is 62.6.